The van der Waals surface area contributed by atoms with E-state index < -0.39 is 12.0 Å². The van der Waals surface area contributed by atoms with Gasteiger partial charge < -0.3 is 19.3 Å². The van der Waals surface area contributed by atoms with Crippen LogP contribution in [0.15, 0.2) is 12.1 Å². The van der Waals surface area contributed by atoms with Crippen LogP contribution < -0.4 is 9.47 Å². The van der Waals surface area contributed by atoms with Crippen LogP contribution in [0.1, 0.15) is 49.8 Å². The summed E-state index contributed by atoms with van der Waals surface area (Å²) in [6, 6.07) is 3.10. The summed E-state index contributed by atoms with van der Waals surface area (Å²) in [4.78, 5) is 43.7. The lowest BCUT2D eigenvalue weighted by atomic mass is 9.73. The molecule has 0 bridgehead atoms. The largest absolute Gasteiger partial charge is 0.493 e. The van der Waals surface area contributed by atoms with Crippen molar-refractivity contribution < 1.29 is 23.9 Å². The number of nitrogens with zero attached hydrogens (tertiary/aromatic N) is 2. The molecule has 1 unspecified atom stereocenters. The van der Waals surface area contributed by atoms with Gasteiger partial charge in [0.25, 0.3) is 0 Å². The molecular weight excluding hydrogens is 472 g/mol. The minimum Gasteiger partial charge on any atom is -0.493 e. The molecule has 2 heterocycles. The maximum Gasteiger partial charge on any atom is 0.233 e. The van der Waals surface area contributed by atoms with Gasteiger partial charge >= 0.3 is 0 Å². The van der Waals surface area contributed by atoms with Crippen LogP contribution >= 0.6 is 24.0 Å². The number of hydrogen-bond donors (Lipinski definition) is 0. The molecule has 2 aliphatic heterocycles. The Balaban J connectivity index is 1.65. The molecule has 1 atom stereocenters. The molecule has 9 heteroatoms. The van der Waals surface area contributed by atoms with Gasteiger partial charge in [-0.25, -0.2) is 0 Å². The standard InChI is InChI=1S/C25H32N2O5S2/c1-15-10-18(28)23(19(29)11-15)24-17-13-21(32-3)20(31-2)12-16(17)6-9-27(24)22(30)14-34-25(33)26-7-4-5-8-26/h12-13,15,23-24H,4-11,14H2,1-3H3. The Labute approximate surface area is 210 Å². The van der Waals surface area contributed by atoms with Gasteiger partial charge in [0.1, 0.15) is 21.8 Å². The Morgan fingerprint density at radius 1 is 1.06 bits per heavy atom. The van der Waals surface area contributed by atoms with Crippen LogP contribution in [0, 0.1) is 11.8 Å². The van der Waals surface area contributed by atoms with Crippen molar-refractivity contribution in [2.24, 2.45) is 11.8 Å². The molecular formula is C25H32N2O5S2. The number of carbonyl (C=O) groups excluding carboxylic acids is 3. The number of rotatable bonds is 5. The first kappa shape index (κ1) is 25.0. The molecule has 7 nitrogen and oxygen atoms in total. The van der Waals surface area contributed by atoms with Crippen LogP contribution in [0.2, 0.25) is 0 Å². The molecule has 0 aromatic heterocycles. The number of benzene rings is 1. The van der Waals surface area contributed by atoms with Crippen molar-refractivity contribution in [2.75, 3.05) is 39.6 Å². The average Bonchev–Trinajstić information content (AvgIpc) is 3.36. The molecule has 4 rings (SSSR count). The first-order valence-corrected chi connectivity index (χ1v) is 13.2. The van der Waals surface area contributed by atoms with E-state index in [2.05, 4.69) is 4.90 Å². The van der Waals surface area contributed by atoms with Crippen molar-refractivity contribution >= 4 is 45.8 Å². The second-order valence-corrected chi connectivity index (χ2v) is 11.0. The summed E-state index contributed by atoms with van der Waals surface area (Å²) < 4.78 is 11.7. The van der Waals surface area contributed by atoms with Gasteiger partial charge in [-0.05, 0) is 48.4 Å². The third-order valence-corrected chi connectivity index (χ3v) is 8.54. The predicted octanol–water partition coefficient (Wildman–Crippen LogP) is 3.43. The van der Waals surface area contributed by atoms with Gasteiger partial charge in [-0.1, -0.05) is 30.9 Å². The summed E-state index contributed by atoms with van der Waals surface area (Å²) in [5.41, 5.74) is 1.77. The number of Topliss-reactive ketones (excluding diaryl/α,β-unsaturated/α-hetero) is 2. The summed E-state index contributed by atoms with van der Waals surface area (Å²) in [6.07, 6.45) is 3.56. The molecule has 0 spiro atoms. The van der Waals surface area contributed by atoms with Crippen molar-refractivity contribution in [3.8, 4) is 11.5 Å². The van der Waals surface area contributed by atoms with E-state index in [-0.39, 0.29) is 29.1 Å². The van der Waals surface area contributed by atoms with Gasteiger partial charge in [-0.2, -0.15) is 0 Å². The van der Waals surface area contributed by atoms with Gasteiger partial charge in [0.05, 0.1) is 26.0 Å². The van der Waals surface area contributed by atoms with E-state index in [1.165, 1.54) is 11.8 Å². The van der Waals surface area contributed by atoms with E-state index in [0.717, 1.165) is 41.4 Å². The normalized spacial score (nSPS) is 24.7. The first-order valence-electron chi connectivity index (χ1n) is 11.9. The Morgan fingerprint density at radius 2 is 1.68 bits per heavy atom. The second-order valence-electron chi connectivity index (χ2n) is 9.36. The van der Waals surface area contributed by atoms with Crippen molar-refractivity contribution in [3.63, 3.8) is 0 Å². The molecule has 3 aliphatic rings. The molecule has 34 heavy (non-hydrogen) atoms. The van der Waals surface area contributed by atoms with Crippen molar-refractivity contribution in [1.82, 2.24) is 9.80 Å². The number of amides is 1. The summed E-state index contributed by atoms with van der Waals surface area (Å²) in [5, 5.41) is 0. The highest BCUT2D eigenvalue weighted by Crippen LogP contribution is 2.44. The molecule has 0 N–H and O–H groups in total. The quantitative estimate of drug-likeness (QED) is 0.446. The first-order chi connectivity index (χ1) is 16.3. The molecule has 1 amide bonds. The minimum atomic E-state index is -0.854. The van der Waals surface area contributed by atoms with Crippen LogP contribution in [-0.2, 0) is 20.8 Å². The SMILES string of the molecule is COc1cc2c(cc1OC)C(C1C(=O)CC(C)CC1=O)N(C(=O)CSC(=S)N1CCCC1)CC2. The second kappa shape index (κ2) is 10.6. The van der Waals surface area contributed by atoms with E-state index >= 15 is 0 Å². The maximum absolute atomic E-state index is 13.5. The Hall–Kier alpha value is -2.13. The molecule has 1 aliphatic carbocycles. The van der Waals surface area contributed by atoms with Crippen LogP contribution in [-0.4, -0.2) is 71.2 Å². The fourth-order valence-electron chi connectivity index (χ4n) is 5.36. The van der Waals surface area contributed by atoms with Gasteiger partial charge in [-0.3, -0.25) is 14.4 Å². The maximum atomic E-state index is 13.5. The number of ketones is 2. The molecule has 0 radical (unpaired) electrons. The summed E-state index contributed by atoms with van der Waals surface area (Å²) in [7, 11) is 3.13. The lowest BCUT2D eigenvalue weighted by Crippen LogP contribution is -2.49. The monoisotopic (exact) mass is 504 g/mol. The number of ether oxygens (including phenoxy) is 2. The van der Waals surface area contributed by atoms with Gasteiger partial charge in [-0.15, -0.1) is 0 Å². The molecule has 2 fully saturated rings. The Kier molecular flexibility index (Phi) is 7.82. The smallest absolute Gasteiger partial charge is 0.233 e. The van der Waals surface area contributed by atoms with Crippen molar-refractivity contribution in [3.05, 3.63) is 23.3 Å². The van der Waals surface area contributed by atoms with Crippen LogP contribution in [0.3, 0.4) is 0 Å². The molecule has 1 aromatic carbocycles. The lowest BCUT2D eigenvalue weighted by Gasteiger charge is -2.42. The average molecular weight is 505 g/mol. The van der Waals surface area contributed by atoms with E-state index in [1.54, 1.807) is 19.1 Å². The van der Waals surface area contributed by atoms with E-state index in [1.807, 2.05) is 19.1 Å². The van der Waals surface area contributed by atoms with Gasteiger partial charge in [0, 0.05) is 32.5 Å². The molecule has 1 aromatic rings. The van der Waals surface area contributed by atoms with E-state index in [4.69, 9.17) is 21.7 Å². The minimum absolute atomic E-state index is 0.0299. The third-order valence-electron chi connectivity index (χ3n) is 7.03. The fourth-order valence-corrected chi connectivity index (χ4v) is 6.50. The Bertz CT molecular complexity index is 974. The number of fused-ring (bicyclic) bond motifs is 1. The summed E-state index contributed by atoms with van der Waals surface area (Å²) >= 11 is 6.91. The highest BCUT2D eigenvalue weighted by atomic mass is 32.2. The van der Waals surface area contributed by atoms with Crippen LogP contribution in [0.5, 0.6) is 11.5 Å². The van der Waals surface area contributed by atoms with Gasteiger partial charge in [0.15, 0.2) is 11.5 Å². The number of likely N-dealkylation sites (tertiary alicyclic amines) is 1. The van der Waals surface area contributed by atoms with Gasteiger partial charge in [0.2, 0.25) is 5.91 Å². The molecule has 1 saturated carbocycles. The fraction of sp³-hybridized carbons (Fsp3) is 0.600. The number of methoxy groups -OCH3 is 2. The van der Waals surface area contributed by atoms with E-state index in [0.29, 0.717) is 37.3 Å². The van der Waals surface area contributed by atoms with E-state index in [9.17, 15) is 14.4 Å². The Morgan fingerprint density at radius 3 is 2.29 bits per heavy atom. The van der Waals surface area contributed by atoms with Crippen LogP contribution in [0.25, 0.3) is 0 Å². The van der Waals surface area contributed by atoms with Crippen molar-refractivity contribution in [2.45, 2.75) is 45.1 Å². The summed E-state index contributed by atoms with van der Waals surface area (Å²) in [6.45, 7) is 4.23. The topological polar surface area (TPSA) is 76.1 Å². The molecule has 184 valence electrons. The number of thioether (sulfide) groups is 1. The molecule has 1 saturated heterocycles. The number of carbonyl (C=O) groups is 3. The van der Waals surface area contributed by atoms with Crippen LogP contribution in [0.4, 0.5) is 0 Å². The zero-order chi connectivity index (χ0) is 24.4. The van der Waals surface area contributed by atoms with Crippen molar-refractivity contribution in [1.29, 1.82) is 0 Å². The highest BCUT2D eigenvalue weighted by molar-refractivity contribution is 8.23. The summed E-state index contributed by atoms with van der Waals surface area (Å²) in [5.74, 6) is 0.213. The number of hydrogen-bond acceptors (Lipinski definition) is 7. The lowest BCUT2D eigenvalue weighted by molar-refractivity contribution is -0.144. The zero-order valence-electron chi connectivity index (χ0n) is 20.0. The highest BCUT2D eigenvalue weighted by Gasteiger charge is 2.46. The third kappa shape index (κ3) is 4.96. The zero-order valence-corrected chi connectivity index (χ0v) is 21.6. The predicted molar refractivity (Wildman–Crippen MR) is 135 cm³/mol. The number of thiocarbonyl (C=S) groups is 1.